The van der Waals surface area contributed by atoms with Gasteiger partial charge in [-0.15, -0.1) is 0 Å². The number of carboxylic acid groups (broad SMARTS) is 1. The Bertz CT molecular complexity index is 1380. The molecule has 0 saturated carbocycles. The van der Waals surface area contributed by atoms with Gasteiger partial charge in [0.2, 0.25) is 35.4 Å². The maximum atomic E-state index is 13.8. The van der Waals surface area contributed by atoms with Crippen LogP contribution in [0.25, 0.3) is 0 Å². The maximum Gasteiger partial charge on any atom is 0.326 e. The topological polar surface area (TPSA) is 318 Å². The van der Waals surface area contributed by atoms with Crippen LogP contribution in [0.15, 0.2) is 24.3 Å². The molecular weight excluding hydrogens is 692 g/mol. The van der Waals surface area contributed by atoms with Crippen molar-refractivity contribution in [1.82, 2.24) is 26.6 Å². The van der Waals surface area contributed by atoms with E-state index in [2.05, 4.69) is 26.6 Å². The van der Waals surface area contributed by atoms with E-state index >= 15 is 0 Å². The molecule has 0 radical (unpaired) electrons. The maximum absolute atomic E-state index is 13.8. The molecule has 0 aromatic heterocycles. The van der Waals surface area contributed by atoms with Crippen LogP contribution in [0, 0.1) is 11.8 Å². The van der Waals surface area contributed by atoms with E-state index in [1.807, 2.05) is 0 Å². The summed E-state index contributed by atoms with van der Waals surface area (Å²) >= 11 is 0. The third-order valence-electron chi connectivity index (χ3n) is 8.56. The first kappa shape index (κ1) is 46.2. The smallest absolute Gasteiger partial charge is 0.326 e. The van der Waals surface area contributed by atoms with Gasteiger partial charge >= 0.3 is 5.97 Å². The van der Waals surface area contributed by atoms with E-state index in [0.29, 0.717) is 37.8 Å². The van der Waals surface area contributed by atoms with E-state index in [9.17, 15) is 48.9 Å². The number of primary amides is 1. The monoisotopic (exact) mass is 750 g/mol. The van der Waals surface area contributed by atoms with Gasteiger partial charge in [-0.1, -0.05) is 52.7 Å². The predicted molar refractivity (Wildman–Crippen MR) is 194 cm³/mol. The number of nitrogens with one attached hydrogen (secondary N) is 5. The summed E-state index contributed by atoms with van der Waals surface area (Å²) in [5.41, 5.74) is 17.3. The van der Waals surface area contributed by atoms with Gasteiger partial charge in [0.1, 0.15) is 36.0 Å². The van der Waals surface area contributed by atoms with E-state index in [1.54, 1.807) is 27.7 Å². The van der Waals surface area contributed by atoms with Crippen LogP contribution >= 0.6 is 0 Å². The highest BCUT2D eigenvalue weighted by Crippen LogP contribution is 2.14. The summed E-state index contributed by atoms with van der Waals surface area (Å²) in [6.45, 7) is 6.56. The molecule has 0 spiro atoms. The Labute approximate surface area is 309 Å². The highest BCUT2D eigenvalue weighted by molar-refractivity contribution is 5.96. The van der Waals surface area contributed by atoms with Crippen molar-refractivity contribution in [2.75, 3.05) is 13.2 Å². The number of hydrogen-bond donors (Lipinski definition) is 11. The van der Waals surface area contributed by atoms with Crippen LogP contribution in [-0.4, -0.2) is 106 Å². The minimum absolute atomic E-state index is 0.0705. The van der Waals surface area contributed by atoms with Crippen molar-refractivity contribution >= 4 is 41.4 Å². The second kappa shape index (κ2) is 23.7. The third kappa shape index (κ3) is 17.0. The van der Waals surface area contributed by atoms with Crippen LogP contribution < -0.4 is 43.8 Å². The lowest BCUT2D eigenvalue weighted by Gasteiger charge is -2.28. The molecule has 0 fully saturated rings. The van der Waals surface area contributed by atoms with Crippen LogP contribution in [0.2, 0.25) is 0 Å². The summed E-state index contributed by atoms with van der Waals surface area (Å²) in [5.74, 6) is -6.86. The van der Waals surface area contributed by atoms with Crippen LogP contribution in [0.5, 0.6) is 5.75 Å². The van der Waals surface area contributed by atoms with E-state index in [-0.39, 0.29) is 37.4 Å². The minimum Gasteiger partial charge on any atom is -0.508 e. The number of carbonyl (C=O) groups is 7. The van der Waals surface area contributed by atoms with Gasteiger partial charge in [0, 0.05) is 12.8 Å². The van der Waals surface area contributed by atoms with Crippen molar-refractivity contribution in [2.24, 2.45) is 29.0 Å². The molecule has 0 heterocycles. The summed E-state index contributed by atoms with van der Waals surface area (Å²) < 4.78 is 0. The number of aliphatic hydroxyl groups is 1. The average Bonchev–Trinajstić information content (AvgIpc) is 3.10. The first-order valence-electron chi connectivity index (χ1n) is 17.8. The van der Waals surface area contributed by atoms with Crippen LogP contribution in [0.4, 0.5) is 0 Å². The van der Waals surface area contributed by atoms with Gasteiger partial charge in [-0.05, 0) is 61.8 Å². The molecule has 14 N–H and O–H groups in total. The van der Waals surface area contributed by atoms with Crippen molar-refractivity contribution in [1.29, 1.82) is 0 Å². The Balaban J connectivity index is 3.31. The molecule has 0 bridgehead atoms. The molecule has 18 heteroatoms. The highest BCUT2D eigenvalue weighted by atomic mass is 16.4. The molecule has 0 aliphatic heterocycles. The lowest BCUT2D eigenvalue weighted by atomic mass is 9.97. The lowest BCUT2D eigenvalue weighted by Crippen LogP contribution is -2.61. The van der Waals surface area contributed by atoms with Gasteiger partial charge in [0.05, 0.1) is 12.6 Å². The third-order valence-corrected chi connectivity index (χ3v) is 8.56. The van der Waals surface area contributed by atoms with Crippen LogP contribution in [-0.2, 0) is 40.0 Å². The largest absolute Gasteiger partial charge is 0.508 e. The zero-order valence-corrected chi connectivity index (χ0v) is 30.9. The van der Waals surface area contributed by atoms with Gasteiger partial charge < -0.3 is 59.1 Å². The molecule has 7 atom stereocenters. The lowest BCUT2D eigenvalue weighted by molar-refractivity contribution is -0.143. The zero-order chi connectivity index (χ0) is 40.2. The number of phenolic OH excluding ortho intramolecular Hbond substituents is 1. The number of carboxylic acids is 1. The normalized spacial score (nSPS) is 15.1. The molecule has 53 heavy (non-hydrogen) atoms. The van der Waals surface area contributed by atoms with Gasteiger partial charge in [-0.2, -0.15) is 0 Å². The first-order valence-corrected chi connectivity index (χ1v) is 17.8. The Morgan fingerprint density at radius 3 is 1.81 bits per heavy atom. The van der Waals surface area contributed by atoms with Crippen molar-refractivity contribution in [2.45, 2.75) is 115 Å². The second-order valence-corrected chi connectivity index (χ2v) is 13.5. The number of carbonyl (C=O) groups excluding carboxylic acids is 6. The Kier molecular flexibility index (Phi) is 20.7. The molecule has 0 saturated heterocycles. The molecule has 1 aromatic carbocycles. The van der Waals surface area contributed by atoms with Crippen molar-refractivity contribution in [3.63, 3.8) is 0 Å². The van der Waals surface area contributed by atoms with E-state index < -0.39 is 90.2 Å². The highest BCUT2D eigenvalue weighted by Gasteiger charge is 2.34. The second-order valence-electron chi connectivity index (χ2n) is 13.5. The molecule has 298 valence electrons. The summed E-state index contributed by atoms with van der Waals surface area (Å²) in [5, 5.41) is 41.9. The van der Waals surface area contributed by atoms with E-state index in [4.69, 9.17) is 17.2 Å². The fraction of sp³-hybridized carbons (Fsp3) is 0.629. The van der Waals surface area contributed by atoms with Gasteiger partial charge in [0.15, 0.2) is 0 Å². The zero-order valence-electron chi connectivity index (χ0n) is 30.9. The van der Waals surface area contributed by atoms with Crippen molar-refractivity contribution in [3.8, 4) is 5.75 Å². The Morgan fingerprint density at radius 1 is 0.736 bits per heavy atom. The van der Waals surface area contributed by atoms with Gasteiger partial charge in [-0.25, -0.2) is 4.79 Å². The average molecular weight is 751 g/mol. The predicted octanol–water partition coefficient (Wildman–Crippen LogP) is -1.75. The fourth-order valence-corrected chi connectivity index (χ4v) is 5.20. The number of benzene rings is 1. The van der Waals surface area contributed by atoms with E-state index in [0.717, 1.165) is 0 Å². The number of amides is 6. The molecular formula is C35H58N8O10. The summed E-state index contributed by atoms with van der Waals surface area (Å²) in [6, 6.07) is -2.17. The number of hydrogen-bond acceptors (Lipinski definition) is 11. The molecule has 6 amide bonds. The van der Waals surface area contributed by atoms with Gasteiger partial charge in [-0.3, -0.25) is 28.8 Å². The van der Waals surface area contributed by atoms with Crippen LogP contribution in [0.1, 0.15) is 78.2 Å². The molecule has 18 nitrogen and oxygen atoms in total. The molecule has 0 aliphatic carbocycles. The van der Waals surface area contributed by atoms with Gasteiger partial charge in [0.25, 0.3) is 0 Å². The molecule has 1 rings (SSSR count). The molecule has 1 aromatic rings. The number of aliphatic carboxylic acids is 1. The van der Waals surface area contributed by atoms with Crippen molar-refractivity contribution < 1.29 is 48.9 Å². The number of nitrogens with two attached hydrogens (primary N) is 3. The van der Waals surface area contributed by atoms with E-state index in [1.165, 1.54) is 24.3 Å². The quantitative estimate of drug-likeness (QED) is 0.0496. The Hall–Kier alpha value is -4.81. The summed E-state index contributed by atoms with van der Waals surface area (Å²) in [4.78, 5) is 90.2. The van der Waals surface area contributed by atoms with Crippen molar-refractivity contribution in [3.05, 3.63) is 29.8 Å². The first-order chi connectivity index (χ1) is 24.9. The number of aromatic hydroxyl groups is 1. The number of phenols is 1. The number of aliphatic hydroxyl groups excluding tert-OH is 1. The summed E-state index contributed by atoms with van der Waals surface area (Å²) in [6.07, 6.45) is 1.31. The standard InChI is InChI=1S/C35H58N8O10/c1-5-20(4)29(43-30(47)23(37)8-6-7-15-36)34(51)42-27(18-44)33(50)40-25(17-21-9-11-22(45)12-10-21)32(49)39-24(13-14-28(38)46)31(48)41-26(35(52)53)16-19(2)3/h9-12,19-20,23-27,29,44-45H,5-8,13-18,36-37H2,1-4H3,(H2,38,46)(H,39,49)(H,40,50)(H,41,48)(H,42,51)(H,43,47)(H,52,53)/t20-,23-,24-,25-,26-,27-,29-/m0/s1. The fourth-order valence-electron chi connectivity index (χ4n) is 5.20. The minimum atomic E-state index is -1.60. The summed E-state index contributed by atoms with van der Waals surface area (Å²) in [7, 11) is 0. The SMILES string of the molecule is CC[C@H](C)[C@H](NC(=O)[C@@H](N)CCCCN)C(=O)N[C@@H](CO)C(=O)N[C@@H](Cc1ccc(O)cc1)C(=O)N[C@@H](CCC(N)=O)C(=O)N[C@@H](CC(C)C)C(=O)O. The number of unbranched alkanes of at least 4 members (excludes halogenated alkanes) is 1. The Morgan fingerprint density at radius 2 is 1.28 bits per heavy atom. The molecule has 0 aliphatic rings. The molecule has 0 unspecified atom stereocenters. The van der Waals surface area contributed by atoms with Crippen LogP contribution in [0.3, 0.4) is 0 Å². The number of rotatable bonds is 25.